The minimum atomic E-state index is -0.507. The lowest BCUT2D eigenvalue weighted by atomic mass is 10.2. The van der Waals surface area contributed by atoms with Crippen molar-refractivity contribution < 1.29 is 9.53 Å². The van der Waals surface area contributed by atoms with Gasteiger partial charge in [0.1, 0.15) is 5.60 Å². The molecular formula is C11H20N4O2S. The lowest BCUT2D eigenvalue weighted by Crippen LogP contribution is -2.32. The Kier molecular flexibility index (Phi) is 4.50. The fraction of sp³-hybridized carbons (Fsp3) is 0.727. The molecule has 0 aliphatic heterocycles. The van der Waals surface area contributed by atoms with E-state index in [9.17, 15) is 4.79 Å². The molecule has 0 fully saturated rings. The highest BCUT2D eigenvalue weighted by Gasteiger charge is 2.17. The van der Waals surface area contributed by atoms with Gasteiger partial charge in [0.05, 0.1) is 6.54 Å². The fourth-order valence-corrected chi connectivity index (χ4v) is 1.82. The number of amides is 1. The van der Waals surface area contributed by atoms with Crippen molar-refractivity contribution in [1.29, 1.82) is 0 Å². The second kappa shape index (κ2) is 5.51. The maximum atomic E-state index is 11.5. The van der Waals surface area contributed by atoms with E-state index in [0.29, 0.717) is 10.6 Å². The number of nitrogens with zero attached hydrogens (tertiary/aromatic N) is 2. The van der Waals surface area contributed by atoms with Gasteiger partial charge >= 0.3 is 6.09 Å². The van der Waals surface area contributed by atoms with Gasteiger partial charge in [-0.1, -0.05) is 0 Å². The van der Waals surface area contributed by atoms with Crippen LogP contribution in [-0.2, 0) is 11.3 Å². The number of ether oxygens (including phenoxy) is 1. The smallest absolute Gasteiger partial charge is 0.408 e. The molecule has 2 N–H and O–H groups in total. The summed E-state index contributed by atoms with van der Waals surface area (Å²) in [6, 6.07) is 0.187. The molecule has 0 atom stereocenters. The summed E-state index contributed by atoms with van der Waals surface area (Å²) in [7, 11) is 0. The lowest BCUT2D eigenvalue weighted by Gasteiger charge is -2.19. The molecule has 1 aromatic heterocycles. The van der Waals surface area contributed by atoms with Gasteiger partial charge in [-0.15, -0.1) is 0 Å². The number of rotatable bonds is 3. The first-order chi connectivity index (χ1) is 8.20. The quantitative estimate of drug-likeness (QED) is 0.829. The van der Waals surface area contributed by atoms with E-state index >= 15 is 0 Å². The number of aromatic amines is 1. The van der Waals surface area contributed by atoms with Gasteiger partial charge in [-0.2, -0.15) is 5.10 Å². The van der Waals surface area contributed by atoms with Crippen molar-refractivity contribution in [2.75, 3.05) is 0 Å². The van der Waals surface area contributed by atoms with Gasteiger partial charge in [0.25, 0.3) is 0 Å². The maximum absolute atomic E-state index is 11.5. The molecule has 0 unspecified atom stereocenters. The Morgan fingerprint density at radius 1 is 1.56 bits per heavy atom. The summed E-state index contributed by atoms with van der Waals surface area (Å²) >= 11 is 5.12. The summed E-state index contributed by atoms with van der Waals surface area (Å²) in [6.45, 7) is 9.73. The van der Waals surface area contributed by atoms with Crippen LogP contribution >= 0.6 is 12.2 Å². The largest absolute Gasteiger partial charge is 0.444 e. The van der Waals surface area contributed by atoms with Crippen LogP contribution in [0, 0.1) is 4.77 Å². The van der Waals surface area contributed by atoms with E-state index in [-0.39, 0.29) is 12.6 Å². The molecule has 7 heteroatoms. The van der Waals surface area contributed by atoms with E-state index in [1.165, 1.54) is 0 Å². The minimum absolute atomic E-state index is 0.187. The molecule has 0 bridgehead atoms. The van der Waals surface area contributed by atoms with Gasteiger partial charge in [-0.05, 0) is 46.8 Å². The highest BCUT2D eigenvalue weighted by atomic mass is 32.1. The van der Waals surface area contributed by atoms with Gasteiger partial charge in [-0.25, -0.2) is 4.79 Å². The third kappa shape index (κ3) is 4.14. The third-order valence-corrected chi connectivity index (χ3v) is 2.37. The molecule has 18 heavy (non-hydrogen) atoms. The summed E-state index contributed by atoms with van der Waals surface area (Å²) in [5.41, 5.74) is -0.507. The van der Waals surface area contributed by atoms with Gasteiger partial charge in [0.15, 0.2) is 10.6 Å². The van der Waals surface area contributed by atoms with Gasteiger partial charge in [-0.3, -0.25) is 5.10 Å². The predicted molar refractivity (Wildman–Crippen MR) is 70.9 cm³/mol. The van der Waals surface area contributed by atoms with Crippen molar-refractivity contribution in [2.45, 2.75) is 52.8 Å². The molecule has 0 radical (unpaired) electrons. The Morgan fingerprint density at radius 2 is 2.17 bits per heavy atom. The monoisotopic (exact) mass is 272 g/mol. The Morgan fingerprint density at radius 3 is 2.67 bits per heavy atom. The summed E-state index contributed by atoms with van der Waals surface area (Å²) in [5, 5.41) is 9.45. The van der Waals surface area contributed by atoms with Crippen LogP contribution < -0.4 is 5.32 Å². The Labute approximate surface area is 112 Å². The molecule has 1 rings (SSSR count). The number of nitrogens with one attached hydrogen (secondary N) is 2. The molecule has 0 aromatic carbocycles. The molecule has 6 nitrogen and oxygen atoms in total. The van der Waals surface area contributed by atoms with E-state index in [0.717, 1.165) is 0 Å². The highest BCUT2D eigenvalue weighted by molar-refractivity contribution is 7.71. The van der Waals surface area contributed by atoms with E-state index in [4.69, 9.17) is 17.0 Å². The average Bonchev–Trinajstić information content (AvgIpc) is 2.54. The number of carbonyl (C=O) groups excluding carboxylic acids is 1. The third-order valence-electron chi connectivity index (χ3n) is 2.08. The number of alkyl carbamates (subject to hydrolysis) is 1. The van der Waals surface area contributed by atoms with Gasteiger partial charge < -0.3 is 14.6 Å². The number of aromatic nitrogens is 3. The second-order valence-corrected chi connectivity index (χ2v) is 5.65. The first-order valence-corrected chi connectivity index (χ1v) is 6.24. The molecule has 102 valence electrons. The van der Waals surface area contributed by atoms with E-state index in [1.54, 1.807) is 0 Å². The first kappa shape index (κ1) is 14.7. The predicted octanol–water partition coefficient (Wildman–Crippen LogP) is 2.55. The topological polar surface area (TPSA) is 71.9 Å². The number of H-pyrrole nitrogens is 1. The van der Waals surface area contributed by atoms with Crippen LogP contribution in [0.1, 0.15) is 46.5 Å². The zero-order chi connectivity index (χ0) is 13.9. The zero-order valence-electron chi connectivity index (χ0n) is 11.4. The number of carbonyl (C=O) groups is 1. The number of hydrogen-bond acceptors (Lipinski definition) is 4. The summed E-state index contributed by atoms with van der Waals surface area (Å²) in [6.07, 6.45) is -0.466. The molecule has 1 amide bonds. The lowest BCUT2D eigenvalue weighted by molar-refractivity contribution is 0.0521. The maximum Gasteiger partial charge on any atom is 0.408 e. The van der Waals surface area contributed by atoms with Crippen LogP contribution in [0.3, 0.4) is 0 Å². The van der Waals surface area contributed by atoms with E-state index in [1.807, 2.05) is 39.2 Å². The highest BCUT2D eigenvalue weighted by Crippen LogP contribution is 2.09. The Hall–Kier alpha value is -1.37. The Balaban J connectivity index is 2.65. The molecule has 1 aromatic rings. The molecule has 0 aliphatic carbocycles. The molecular weight excluding hydrogens is 252 g/mol. The molecule has 0 saturated heterocycles. The average molecular weight is 272 g/mol. The van der Waals surface area contributed by atoms with Crippen molar-refractivity contribution in [2.24, 2.45) is 0 Å². The van der Waals surface area contributed by atoms with Crippen LogP contribution in [0.2, 0.25) is 0 Å². The first-order valence-electron chi connectivity index (χ1n) is 5.83. The Bertz CT molecular complexity index is 470. The van der Waals surface area contributed by atoms with Crippen LogP contribution in [0.25, 0.3) is 0 Å². The van der Waals surface area contributed by atoms with Gasteiger partial charge in [0, 0.05) is 6.04 Å². The van der Waals surface area contributed by atoms with Crippen molar-refractivity contribution in [1.82, 2.24) is 20.1 Å². The van der Waals surface area contributed by atoms with Crippen LogP contribution in [0.5, 0.6) is 0 Å². The summed E-state index contributed by atoms with van der Waals surface area (Å²) in [5.74, 6) is 0.681. The van der Waals surface area contributed by atoms with Crippen molar-refractivity contribution in [3.8, 4) is 0 Å². The van der Waals surface area contributed by atoms with E-state index < -0.39 is 11.7 Å². The molecule has 0 spiro atoms. The summed E-state index contributed by atoms with van der Waals surface area (Å²) < 4.78 is 7.54. The second-order valence-electron chi connectivity index (χ2n) is 5.26. The van der Waals surface area contributed by atoms with Crippen LogP contribution in [0.15, 0.2) is 0 Å². The SMILES string of the molecule is CC(C)n1c(CNC(=O)OC(C)(C)C)n[nH]c1=S. The zero-order valence-corrected chi connectivity index (χ0v) is 12.2. The van der Waals surface area contributed by atoms with Crippen molar-refractivity contribution in [3.63, 3.8) is 0 Å². The fourth-order valence-electron chi connectivity index (χ4n) is 1.46. The molecule has 0 saturated carbocycles. The minimum Gasteiger partial charge on any atom is -0.444 e. The van der Waals surface area contributed by atoms with Gasteiger partial charge in [0.2, 0.25) is 0 Å². The van der Waals surface area contributed by atoms with Crippen LogP contribution in [0.4, 0.5) is 4.79 Å². The van der Waals surface area contributed by atoms with E-state index in [2.05, 4.69) is 15.5 Å². The van der Waals surface area contributed by atoms with Crippen molar-refractivity contribution >= 4 is 18.3 Å². The number of hydrogen-bond donors (Lipinski definition) is 2. The normalized spacial score (nSPS) is 11.7. The standard InChI is InChI=1S/C11H20N4O2S/c1-7(2)15-8(13-14-9(15)18)6-12-10(16)17-11(3,4)5/h7H,6H2,1-5H3,(H,12,16)(H,14,18). The summed E-state index contributed by atoms with van der Waals surface area (Å²) in [4.78, 5) is 11.5. The molecule has 1 heterocycles. The molecule has 0 aliphatic rings. The van der Waals surface area contributed by atoms with Crippen LogP contribution in [-0.4, -0.2) is 26.5 Å². The van der Waals surface area contributed by atoms with Crippen molar-refractivity contribution in [3.05, 3.63) is 10.6 Å².